The number of aromatic nitrogens is 1. The molecule has 0 saturated carbocycles. The molecule has 102 valence electrons. The number of hydrogen-bond acceptors (Lipinski definition) is 4. The highest BCUT2D eigenvalue weighted by molar-refractivity contribution is 7.16. The fraction of sp³-hybridized carbons (Fsp3) is 0.0769. The van der Waals surface area contributed by atoms with E-state index in [9.17, 15) is 13.6 Å². The first kappa shape index (κ1) is 14.1. The lowest BCUT2D eigenvalue weighted by atomic mass is 10.2. The number of anilines is 1. The minimum Gasteiger partial charge on any atom is -0.384 e. The van der Waals surface area contributed by atoms with Crippen molar-refractivity contribution in [1.29, 1.82) is 0 Å². The van der Waals surface area contributed by atoms with E-state index in [-0.39, 0.29) is 17.3 Å². The smallest absolute Gasteiger partial charge is 0.257 e. The first-order valence-corrected chi connectivity index (χ1v) is 6.24. The third kappa shape index (κ3) is 3.38. The predicted octanol–water partition coefficient (Wildman–Crippen LogP) is 2.02. The minimum absolute atomic E-state index is 0.0120. The van der Waals surface area contributed by atoms with E-state index in [2.05, 4.69) is 22.1 Å². The Morgan fingerprint density at radius 1 is 1.40 bits per heavy atom. The number of nitrogens with zero attached hydrogens (tertiary/aromatic N) is 1. The van der Waals surface area contributed by atoms with Crippen molar-refractivity contribution in [3.63, 3.8) is 0 Å². The maximum atomic E-state index is 13.0. The number of hydrogen-bond donors (Lipinski definition) is 2. The van der Waals surface area contributed by atoms with Crippen LogP contribution >= 0.6 is 11.3 Å². The van der Waals surface area contributed by atoms with Crippen LogP contribution in [0.3, 0.4) is 0 Å². The van der Waals surface area contributed by atoms with Crippen LogP contribution in [0.4, 0.5) is 13.9 Å². The largest absolute Gasteiger partial charge is 0.384 e. The molecule has 0 radical (unpaired) electrons. The van der Waals surface area contributed by atoms with Crippen molar-refractivity contribution in [1.82, 2.24) is 4.98 Å². The van der Waals surface area contributed by atoms with Crippen LogP contribution in [-0.2, 0) is 0 Å². The topological polar surface area (TPSA) is 62.2 Å². The maximum Gasteiger partial charge on any atom is 0.257 e. The van der Waals surface area contributed by atoms with E-state index in [0.717, 1.165) is 23.5 Å². The summed E-state index contributed by atoms with van der Waals surface area (Å²) in [6, 6.07) is 2.86. The van der Waals surface area contributed by atoms with Crippen molar-refractivity contribution in [3.05, 3.63) is 46.5 Å². The summed E-state index contributed by atoms with van der Waals surface area (Å²) in [5.74, 6) is 2.38. The van der Waals surface area contributed by atoms with E-state index >= 15 is 0 Å². The van der Waals surface area contributed by atoms with Crippen LogP contribution in [0, 0.1) is 23.5 Å². The highest BCUT2D eigenvalue weighted by Crippen LogP contribution is 2.18. The van der Waals surface area contributed by atoms with Crippen LogP contribution in [-0.4, -0.2) is 22.6 Å². The summed E-state index contributed by atoms with van der Waals surface area (Å²) in [6.45, 7) is -0.269. The Morgan fingerprint density at radius 3 is 2.90 bits per heavy atom. The van der Waals surface area contributed by atoms with Crippen molar-refractivity contribution in [2.24, 2.45) is 0 Å². The third-order valence-electron chi connectivity index (χ3n) is 2.20. The fourth-order valence-electron chi connectivity index (χ4n) is 1.32. The first-order chi connectivity index (χ1) is 9.60. The van der Waals surface area contributed by atoms with Gasteiger partial charge in [0.15, 0.2) is 16.8 Å². The van der Waals surface area contributed by atoms with Crippen molar-refractivity contribution in [2.45, 2.75) is 0 Å². The third-order valence-corrected chi connectivity index (χ3v) is 3.03. The Balaban J connectivity index is 2.11. The van der Waals surface area contributed by atoms with Crippen molar-refractivity contribution in [3.8, 4) is 11.8 Å². The normalized spacial score (nSPS) is 9.75. The lowest BCUT2D eigenvalue weighted by Crippen LogP contribution is -2.12. The Hall–Kier alpha value is -2.30. The maximum absolute atomic E-state index is 13.0. The van der Waals surface area contributed by atoms with Gasteiger partial charge in [0.25, 0.3) is 5.91 Å². The molecule has 2 rings (SSSR count). The molecule has 0 saturated heterocycles. The Labute approximate surface area is 117 Å². The summed E-state index contributed by atoms with van der Waals surface area (Å²) in [4.78, 5) is 16.3. The van der Waals surface area contributed by atoms with Gasteiger partial charge < -0.3 is 5.11 Å². The van der Waals surface area contributed by atoms with E-state index in [4.69, 9.17) is 5.11 Å². The van der Waals surface area contributed by atoms with Gasteiger partial charge in [0.2, 0.25) is 0 Å². The molecule has 7 heteroatoms. The van der Waals surface area contributed by atoms with Gasteiger partial charge in [-0.3, -0.25) is 10.1 Å². The number of aliphatic hydroxyl groups is 1. The molecule has 1 aromatic heterocycles. The van der Waals surface area contributed by atoms with Gasteiger partial charge in [0, 0.05) is 5.56 Å². The van der Waals surface area contributed by atoms with E-state index < -0.39 is 17.5 Å². The molecule has 1 amide bonds. The van der Waals surface area contributed by atoms with Gasteiger partial charge in [-0.05, 0) is 18.2 Å². The van der Waals surface area contributed by atoms with E-state index in [0.29, 0.717) is 4.88 Å². The first-order valence-electron chi connectivity index (χ1n) is 5.42. The fourth-order valence-corrected chi connectivity index (χ4v) is 2.01. The molecular weight excluding hydrogens is 286 g/mol. The number of benzene rings is 1. The molecule has 0 bridgehead atoms. The van der Waals surface area contributed by atoms with Crippen LogP contribution in [0.1, 0.15) is 15.2 Å². The summed E-state index contributed by atoms with van der Waals surface area (Å²) in [6.07, 6.45) is 1.44. The Bertz CT molecular complexity index is 704. The summed E-state index contributed by atoms with van der Waals surface area (Å²) >= 11 is 1.11. The molecule has 2 N–H and O–H groups in total. The summed E-state index contributed by atoms with van der Waals surface area (Å²) in [5, 5.41) is 11.3. The van der Waals surface area contributed by atoms with Gasteiger partial charge in [-0.2, -0.15) is 0 Å². The zero-order valence-corrected chi connectivity index (χ0v) is 10.8. The molecule has 1 aromatic carbocycles. The van der Waals surface area contributed by atoms with Crippen molar-refractivity contribution < 1.29 is 18.7 Å². The highest BCUT2D eigenvalue weighted by Gasteiger charge is 2.11. The quantitative estimate of drug-likeness (QED) is 0.833. The average Bonchev–Trinajstić information content (AvgIpc) is 2.87. The molecule has 0 atom stereocenters. The zero-order chi connectivity index (χ0) is 14.5. The number of thiazole rings is 1. The van der Waals surface area contributed by atoms with Gasteiger partial charge in [0.05, 0.1) is 11.1 Å². The van der Waals surface area contributed by atoms with Gasteiger partial charge in [0.1, 0.15) is 6.61 Å². The molecule has 0 unspecified atom stereocenters. The molecule has 0 aliphatic carbocycles. The van der Waals surface area contributed by atoms with E-state index in [1.165, 1.54) is 12.3 Å². The average molecular weight is 294 g/mol. The lowest BCUT2D eigenvalue weighted by Gasteiger charge is -2.01. The molecule has 1 heterocycles. The van der Waals surface area contributed by atoms with Gasteiger partial charge >= 0.3 is 0 Å². The number of aliphatic hydroxyl groups excluding tert-OH is 1. The molecule has 4 nitrogen and oxygen atoms in total. The van der Waals surface area contributed by atoms with Crippen LogP contribution < -0.4 is 5.32 Å². The predicted molar refractivity (Wildman–Crippen MR) is 70.4 cm³/mol. The van der Waals surface area contributed by atoms with E-state index in [1.54, 1.807) is 0 Å². The summed E-state index contributed by atoms with van der Waals surface area (Å²) < 4.78 is 25.8. The molecule has 2 aromatic rings. The van der Waals surface area contributed by atoms with Crippen LogP contribution in [0.25, 0.3) is 0 Å². The number of halogens is 2. The molecular formula is C13H8F2N2O2S. The molecule has 20 heavy (non-hydrogen) atoms. The van der Waals surface area contributed by atoms with Crippen LogP contribution in [0.15, 0.2) is 24.4 Å². The van der Waals surface area contributed by atoms with Crippen LogP contribution in [0.5, 0.6) is 0 Å². The molecule has 0 aliphatic heterocycles. The summed E-state index contributed by atoms with van der Waals surface area (Å²) in [7, 11) is 0. The minimum atomic E-state index is -1.09. The van der Waals surface area contributed by atoms with Gasteiger partial charge in [-0.25, -0.2) is 13.8 Å². The van der Waals surface area contributed by atoms with Gasteiger partial charge in [-0.15, -0.1) is 0 Å². The SMILES string of the molecule is O=C(Nc1ncc(C#CCO)s1)c1ccc(F)c(F)c1. The second-order valence-electron chi connectivity index (χ2n) is 3.57. The highest BCUT2D eigenvalue weighted by atomic mass is 32.1. The van der Waals surface area contributed by atoms with E-state index in [1.807, 2.05) is 0 Å². The Morgan fingerprint density at radius 2 is 2.20 bits per heavy atom. The van der Waals surface area contributed by atoms with Crippen molar-refractivity contribution in [2.75, 3.05) is 11.9 Å². The molecule has 0 aliphatic rings. The standard InChI is InChI=1S/C13H8F2N2O2S/c14-10-4-3-8(6-11(10)15)12(19)17-13-16-7-9(20-13)2-1-5-18/h3-4,6-7,18H,5H2,(H,16,17,19). The summed E-state index contributed by atoms with van der Waals surface area (Å²) in [5.41, 5.74) is -0.0120. The molecule has 0 fully saturated rings. The lowest BCUT2D eigenvalue weighted by molar-refractivity contribution is 0.102. The second kappa shape index (κ2) is 6.23. The van der Waals surface area contributed by atoms with Gasteiger partial charge in [-0.1, -0.05) is 23.2 Å². The van der Waals surface area contributed by atoms with Crippen LogP contribution in [0.2, 0.25) is 0 Å². The zero-order valence-electron chi connectivity index (χ0n) is 9.98. The number of nitrogens with one attached hydrogen (secondary N) is 1. The second-order valence-corrected chi connectivity index (χ2v) is 4.60. The molecule has 0 spiro atoms. The number of amides is 1. The number of carbonyl (C=O) groups is 1. The number of rotatable bonds is 2. The monoisotopic (exact) mass is 294 g/mol. The van der Waals surface area contributed by atoms with Crippen molar-refractivity contribution >= 4 is 22.4 Å². The number of carbonyl (C=O) groups excluding carboxylic acids is 1. The Kier molecular flexibility index (Phi) is 4.40.